The van der Waals surface area contributed by atoms with Crippen LogP contribution in [0.2, 0.25) is 0 Å². The molecule has 156 valence electrons. The van der Waals surface area contributed by atoms with Crippen molar-refractivity contribution in [2.45, 2.75) is 5.41 Å². The normalized spacial score (nSPS) is 13.2. The van der Waals surface area contributed by atoms with Gasteiger partial charge in [-0.3, -0.25) is 0 Å². The number of rotatable bonds is 4. The third kappa shape index (κ3) is 2.92. The van der Waals surface area contributed by atoms with Crippen LogP contribution in [0.5, 0.6) is 0 Å². The average Bonchev–Trinajstić information content (AvgIpc) is 3.20. The lowest BCUT2D eigenvalue weighted by Gasteiger charge is -2.34. The number of fused-ring (bicyclic) bond motifs is 3. The van der Waals surface area contributed by atoms with E-state index in [1.54, 1.807) is 0 Å². The highest BCUT2D eigenvalue weighted by atomic mass is 14.5. The fourth-order valence-electron chi connectivity index (χ4n) is 5.44. The van der Waals surface area contributed by atoms with E-state index >= 15 is 0 Å². The van der Waals surface area contributed by atoms with Gasteiger partial charge in [0.05, 0.1) is 5.41 Å². The minimum absolute atomic E-state index is 0.374. The zero-order valence-electron chi connectivity index (χ0n) is 18.4. The minimum atomic E-state index is -0.374. The van der Waals surface area contributed by atoms with E-state index in [1.807, 2.05) is 6.07 Å². The van der Waals surface area contributed by atoms with Crippen molar-refractivity contribution in [3.05, 3.63) is 173 Å². The Morgan fingerprint density at radius 2 is 0.970 bits per heavy atom. The summed E-state index contributed by atoms with van der Waals surface area (Å²) in [6, 6.07) is 48.0. The molecule has 1 aliphatic carbocycles. The molecule has 0 nitrogen and oxygen atoms in total. The molecule has 0 heterocycles. The van der Waals surface area contributed by atoms with Gasteiger partial charge in [0.1, 0.15) is 0 Å². The highest BCUT2D eigenvalue weighted by Gasteiger charge is 2.45. The highest BCUT2D eigenvalue weighted by molar-refractivity contribution is 5.89. The monoisotopic (exact) mass is 420 g/mol. The first-order valence-corrected chi connectivity index (χ1v) is 11.4. The van der Waals surface area contributed by atoms with Gasteiger partial charge in [0.2, 0.25) is 0 Å². The molecule has 0 spiro atoms. The van der Waals surface area contributed by atoms with Gasteiger partial charge in [-0.25, -0.2) is 0 Å². The van der Waals surface area contributed by atoms with Crippen LogP contribution < -0.4 is 0 Å². The molecule has 0 heteroatoms. The lowest BCUT2D eigenvalue weighted by molar-refractivity contribution is 0.768. The summed E-state index contributed by atoms with van der Waals surface area (Å²) in [6.07, 6.45) is 0. The molecule has 0 atom stereocenters. The van der Waals surface area contributed by atoms with Crippen molar-refractivity contribution in [3.63, 3.8) is 0 Å². The second-order valence-electron chi connectivity index (χ2n) is 8.63. The maximum atomic E-state index is 4.46. The molecule has 0 saturated heterocycles. The standard InChI is InChI=1S/C33H24/c1-24(25-13-5-2-6-14-25)26-21-22-30-29-19-11-12-20-31(29)33(32(30)23-26,27-15-7-3-8-16-27)28-17-9-4-10-18-28/h2-23H,1H2. The first kappa shape index (κ1) is 19.5. The maximum absolute atomic E-state index is 4.46. The Balaban J connectivity index is 1.68. The molecule has 5 aromatic rings. The Hall–Kier alpha value is -4.16. The summed E-state index contributed by atoms with van der Waals surface area (Å²) in [4.78, 5) is 0. The van der Waals surface area contributed by atoms with E-state index in [1.165, 1.54) is 33.4 Å². The van der Waals surface area contributed by atoms with Crippen molar-refractivity contribution in [2.75, 3.05) is 0 Å². The van der Waals surface area contributed by atoms with E-state index in [-0.39, 0.29) is 5.41 Å². The summed E-state index contributed by atoms with van der Waals surface area (Å²) in [5.41, 5.74) is 10.8. The van der Waals surface area contributed by atoms with Crippen molar-refractivity contribution in [3.8, 4) is 11.1 Å². The van der Waals surface area contributed by atoms with E-state index in [0.717, 1.165) is 16.7 Å². The predicted molar refractivity (Wildman–Crippen MR) is 138 cm³/mol. The Kier molecular flexibility index (Phi) is 4.59. The van der Waals surface area contributed by atoms with Crippen molar-refractivity contribution >= 4 is 5.57 Å². The molecule has 33 heavy (non-hydrogen) atoms. The zero-order chi connectivity index (χ0) is 22.3. The summed E-state index contributed by atoms with van der Waals surface area (Å²) in [5, 5.41) is 0. The van der Waals surface area contributed by atoms with Crippen LogP contribution in [0.25, 0.3) is 16.7 Å². The highest BCUT2D eigenvalue weighted by Crippen LogP contribution is 2.56. The Bertz CT molecular complexity index is 1400. The summed E-state index contributed by atoms with van der Waals surface area (Å²) >= 11 is 0. The molecular formula is C33H24. The second kappa shape index (κ2) is 7.76. The van der Waals surface area contributed by atoms with Crippen molar-refractivity contribution in [1.29, 1.82) is 0 Å². The summed E-state index contributed by atoms with van der Waals surface area (Å²) in [7, 11) is 0. The molecule has 0 aromatic heterocycles. The van der Waals surface area contributed by atoms with Gasteiger partial charge in [0.25, 0.3) is 0 Å². The average molecular weight is 421 g/mol. The molecule has 0 radical (unpaired) electrons. The topological polar surface area (TPSA) is 0 Å². The summed E-state index contributed by atoms with van der Waals surface area (Å²) in [6.45, 7) is 4.46. The fraction of sp³-hybridized carbons (Fsp3) is 0.0303. The van der Waals surface area contributed by atoms with Crippen molar-refractivity contribution < 1.29 is 0 Å². The van der Waals surface area contributed by atoms with Gasteiger partial charge in [-0.05, 0) is 56.1 Å². The first-order valence-electron chi connectivity index (χ1n) is 11.4. The van der Waals surface area contributed by atoms with Gasteiger partial charge in [0.15, 0.2) is 0 Å². The molecule has 0 aliphatic heterocycles. The molecule has 6 rings (SSSR count). The molecular weight excluding hydrogens is 396 g/mol. The zero-order valence-corrected chi connectivity index (χ0v) is 18.4. The van der Waals surface area contributed by atoms with Crippen LogP contribution in [0, 0.1) is 0 Å². The van der Waals surface area contributed by atoms with Crippen LogP contribution in [-0.4, -0.2) is 0 Å². The lowest BCUT2D eigenvalue weighted by Crippen LogP contribution is -2.28. The largest absolute Gasteiger partial charge is 0.0906 e. The molecule has 0 unspecified atom stereocenters. The number of hydrogen-bond donors (Lipinski definition) is 0. The quantitative estimate of drug-likeness (QED) is 0.270. The maximum Gasteiger partial charge on any atom is 0.0713 e. The Morgan fingerprint density at radius 1 is 0.455 bits per heavy atom. The van der Waals surface area contributed by atoms with Crippen molar-refractivity contribution in [1.82, 2.24) is 0 Å². The fourth-order valence-corrected chi connectivity index (χ4v) is 5.44. The smallest absolute Gasteiger partial charge is 0.0713 e. The van der Waals surface area contributed by atoms with Gasteiger partial charge in [-0.15, -0.1) is 0 Å². The lowest BCUT2D eigenvalue weighted by atomic mass is 9.67. The van der Waals surface area contributed by atoms with Crippen LogP contribution in [0.4, 0.5) is 0 Å². The van der Waals surface area contributed by atoms with E-state index in [9.17, 15) is 0 Å². The predicted octanol–water partition coefficient (Wildman–Crippen LogP) is 8.11. The van der Waals surface area contributed by atoms with Crippen LogP contribution in [-0.2, 0) is 5.41 Å². The summed E-state index contributed by atoms with van der Waals surface area (Å²) in [5.74, 6) is 0. The van der Waals surface area contributed by atoms with Crippen LogP contribution in [0.15, 0.2) is 140 Å². The third-order valence-electron chi connectivity index (χ3n) is 6.93. The molecule has 5 aromatic carbocycles. The molecule has 0 fully saturated rings. The van der Waals surface area contributed by atoms with Crippen LogP contribution >= 0.6 is 0 Å². The molecule has 0 saturated carbocycles. The van der Waals surface area contributed by atoms with Gasteiger partial charge in [-0.1, -0.05) is 134 Å². The van der Waals surface area contributed by atoms with Crippen LogP contribution in [0.3, 0.4) is 0 Å². The summed E-state index contributed by atoms with van der Waals surface area (Å²) < 4.78 is 0. The van der Waals surface area contributed by atoms with Gasteiger partial charge < -0.3 is 0 Å². The number of hydrogen-bond acceptors (Lipinski definition) is 0. The Morgan fingerprint density at radius 3 is 1.61 bits per heavy atom. The van der Waals surface area contributed by atoms with Gasteiger partial charge in [-0.2, -0.15) is 0 Å². The third-order valence-corrected chi connectivity index (χ3v) is 6.93. The molecule has 1 aliphatic rings. The van der Waals surface area contributed by atoms with Gasteiger partial charge >= 0.3 is 0 Å². The SMILES string of the molecule is C=C(c1ccccc1)c1ccc2c(c1)C(c1ccccc1)(c1ccccc1)c1ccccc1-2. The minimum Gasteiger partial charge on any atom is -0.0906 e. The molecule has 0 N–H and O–H groups in total. The number of benzene rings is 5. The first-order chi connectivity index (χ1) is 16.3. The Labute approximate surface area is 195 Å². The second-order valence-corrected chi connectivity index (χ2v) is 8.63. The van der Waals surface area contributed by atoms with E-state index < -0.39 is 0 Å². The van der Waals surface area contributed by atoms with E-state index in [2.05, 4.69) is 134 Å². The van der Waals surface area contributed by atoms with Gasteiger partial charge in [0, 0.05) is 0 Å². The van der Waals surface area contributed by atoms with Crippen LogP contribution in [0.1, 0.15) is 33.4 Å². The van der Waals surface area contributed by atoms with Crippen molar-refractivity contribution in [2.24, 2.45) is 0 Å². The van der Waals surface area contributed by atoms with E-state index in [4.69, 9.17) is 0 Å². The molecule has 0 bridgehead atoms. The van der Waals surface area contributed by atoms with E-state index in [0.29, 0.717) is 0 Å². The molecule has 0 amide bonds.